The van der Waals surface area contributed by atoms with Gasteiger partial charge in [-0.1, -0.05) is 6.92 Å². The normalized spacial score (nSPS) is 12.3. The summed E-state index contributed by atoms with van der Waals surface area (Å²) < 4.78 is 65.3. The van der Waals surface area contributed by atoms with E-state index in [1.807, 2.05) is 0 Å². The third kappa shape index (κ3) is 5.52. The molecule has 3 N–H and O–H groups in total. The molecule has 0 aromatic heterocycles. The van der Waals surface area contributed by atoms with Gasteiger partial charge in [0, 0.05) is 13.1 Å². The molecule has 1 aromatic carbocycles. The van der Waals surface area contributed by atoms with E-state index in [4.69, 9.17) is 0 Å². The van der Waals surface area contributed by atoms with Crippen molar-refractivity contribution in [3.05, 3.63) is 24.0 Å². The topological polar surface area (TPSA) is 104 Å². The molecule has 0 aliphatic heterocycles. The molecule has 0 fully saturated rings. The van der Waals surface area contributed by atoms with Crippen LogP contribution in [0.25, 0.3) is 0 Å². The molecule has 1 aromatic rings. The van der Waals surface area contributed by atoms with Gasteiger partial charge in [0.1, 0.15) is 5.82 Å². The Hall–Kier alpha value is -1.23. The van der Waals surface area contributed by atoms with E-state index in [1.54, 1.807) is 14.0 Å². The van der Waals surface area contributed by atoms with Crippen LogP contribution in [0.1, 0.15) is 13.3 Å². The van der Waals surface area contributed by atoms with Gasteiger partial charge in [-0.3, -0.25) is 4.72 Å². The largest absolute Gasteiger partial charge is 0.318 e. The van der Waals surface area contributed by atoms with Crippen molar-refractivity contribution in [2.75, 3.05) is 30.6 Å². The second-order valence-electron chi connectivity index (χ2n) is 4.56. The Balaban J connectivity index is 2.94. The standard InChI is InChI=1S/C12H20FN3O4S2/c1-3-8-21(17,18)16-12-5-4-10(9-11(12)13)22(19,20)15-7-6-14-2/h4-5,9,14-16H,3,6-8H2,1-2H3. The monoisotopic (exact) mass is 353 g/mol. The molecule has 0 atom stereocenters. The van der Waals surface area contributed by atoms with E-state index in [-0.39, 0.29) is 22.9 Å². The number of nitrogens with one attached hydrogen (secondary N) is 3. The fourth-order valence-corrected chi connectivity index (χ4v) is 3.81. The molecule has 7 nitrogen and oxygen atoms in total. The zero-order valence-electron chi connectivity index (χ0n) is 12.4. The molecule has 1 rings (SSSR count). The third-order valence-corrected chi connectivity index (χ3v) is 5.59. The lowest BCUT2D eigenvalue weighted by atomic mass is 10.3. The molecule has 22 heavy (non-hydrogen) atoms. The summed E-state index contributed by atoms with van der Waals surface area (Å²) in [5.41, 5.74) is -0.275. The van der Waals surface area contributed by atoms with Crippen molar-refractivity contribution in [1.82, 2.24) is 10.0 Å². The molecule has 0 bridgehead atoms. The van der Waals surface area contributed by atoms with Gasteiger partial charge in [-0.2, -0.15) is 0 Å². The Bertz CT molecular complexity index is 705. The van der Waals surface area contributed by atoms with E-state index in [2.05, 4.69) is 14.8 Å². The quantitative estimate of drug-likeness (QED) is 0.560. The van der Waals surface area contributed by atoms with Crippen molar-refractivity contribution in [3.63, 3.8) is 0 Å². The van der Waals surface area contributed by atoms with Crippen LogP contribution in [0.2, 0.25) is 0 Å². The fraction of sp³-hybridized carbons (Fsp3) is 0.500. The van der Waals surface area contributed by atoms with Gasteiger partial charge in [0.2, 0.25) is 20.0 Å². The molecule has 0 heterocycles. The molecule has 0 amide bonds. The van der Waals surface area contributed by atoms with E-state index in [0.717, 1.165) is 18.2 Å². The van der Waals surface area contributed by atoms with Gasteiger partial charge in [-0.05, 0) is 31.7 Å². The van der Waals surface area contributed by atoms with Gasteiger partial charge in [0.15, 0.2) is 0 Å². The van der Waals surface area contributed by atoms with Crippen LogP contribution in [-0.2, 0) is 20.0 Å². The number of halogens is 1. The maximum Gasteiger partial charge on any atom is 0.240 e. The van der Waals surface area contributed by atoms with Crippen LogP contribution >= 0.6 is 0 Å². The second-order valence-corrected chi connectivity index (χ2v) is 8.17. The predicted molar refractivity (Wildman–Crippen MR) is 83.2 cm³/mol. The summed E-state index contributed by atoms with van der Waals surface area (Å²) in [6, 6.07) is 3.02. The average molecular weight is 353 g/mol. The minimum Gasteiger partial charge on any atom is -0.318 e. The first-order valence-electron chi connectivity index (χ1n) is 6.66. The summed E-state index contributed by atoms with van der Waals surface area (Å²) in [7, 11) is -5.80. The smallest absolute Gasteiger partial charge is 0.240 e. The van der Waals surface area contributed by atoms with Crippen LogP contribution < -0.4 is 14.8 Å². The maximum atomic E-state index is 13.9. The summed E-state index contributed by atoms with van der Waals surface area (Å²) in [6.45, 7) is 2.27. The Morgan fingerprint density at radius 2 is 1.82 bits per heavy atom. The summed E-state index contributed by atoms with van der Waals surface area (Å²) >= 11 is 0. The number of rotatable bonds is 9. The number of hydrogen-bond donors (Lipinski definition) is 3. The first-order valence-corrected chi connectivity index (χ1v) is 9.79. The van der Waals surface area contributed by atoms with Crippen LogP contribution in [0.15, 0.2) is 23.1 Å². The Labute approximate surface area is 130 Å². The van der Waals surface area contributed by atoms with Crippen LogP contribution in [0.3, 0.4) is 0 Å². The highest BCUT2D eigenvalue weighted by atomic mass is 32.2. The Kier molecular flexibility index (Phi) is 6.72. The number of sulfonamides is 2. The van der Waals surface area contributed by atoms with Crippen molar-refractivity contribution in [1.29, 1.82) is 0 Å². The lowest BCUT2D eigenvalue weighted by molar-refractivity contribution is 0.576. The van der Waals surface area contributed by atoms with Gasteiger partial charge < -0.3 is 5.32 Å². The Morgan fingerprint density at radius 1 is 1.14 bits per heavy atom. The lowest BCUT2D eigenvalue weighted by Crippen LogP contribution is -2.30. The van der Waals surface area contributed by atoms with Crippen molar-refractivity contribution in [2.45, 2.75) is 18.2 Å². The molecule has 10 heteroatoms. The predicted octanol–water partition coefficient (Wildman–Crippen LogP) is 0.475. The van der Waals surface area contributed by atoms with Gasteiger partial charge >= 0.3 is 0 Å². The highest BCUT2D eigenvalue weighted by molar-refractivity contribution is 7.92. The molecule has 0 aliphatic rings. The first-order chi connectivity index (χ1) is 10.2. The van der Waals surface area contributed by atoms with Gasteiger partial charge in [0.05, 0.1) is 16.3 Å². The van der Waals surface area contributed by atoms with E-state index in [1.165, 1.54) is 0 Å². The van der Waals surface area contributed by atoms with Crippen LogP contribution in [0, 0.1) is 5.82 Å². The van der Waals surface area contributed by atoms with Crippen molar-refractivity contribution in [3.8, 4) is 0 Å². The van der Waals surface area contributed by atoms with E-state index in [0.29, 0.717) is 13.0 Å². The summed E-state index contributed by atoms with van der Waals surface area (Å²) in [6.07, 6.45) is 0.388. The molecule has 0 saturated carbocycles. The molecule has 126 valence electrons. The number of hydrogen-bond acceptors (Lipinski definition) is 5. The van der Waals surface area contributed by atoms with E-state index >= 15 is 0 Å². The molecule has 0 unspecified atom stereocenters. The SMILES string of the molecule is CCCS(=O)(=O)Nc1ccc(S(=O)(=O)NCCNC)cc1F. The van der Waals surface area contributed by atoms with Crippen molar-refractivity contribution >= 4 is 25.7 Å². The maximum absolute atomic E-state index is 13.9. The highest BCUT2D eigenvalue weighted by Crippen LogP contribution is 2.20. The number of benzene rings is 1. The van der Waals surface area contributed by atoms with E-state index in [9.17, 15) is 21.2 Å². The van der Waals surface area contributed by atoms with Crippen molar-refractivity contribution in [2.24, 2.45) is 0 Å². The van der Waals surface area contributed by atoms with Crippen molar-refractivity contribution < 1.29 is 21.2 Å². The molecule has 0 aliphatic carbocycles. The molecular weight excluding hydrogens is 333 g/mol. The zero-order chi connectivity index (χ0) is 16.8. The zero-order valence-corrected chi connectivity index (χ0v) is 14.0. The van der Waals surface area contributed by atoms with Crippen LogP contribution in [0.4, 0.5) is 10.1 Å². The van der Waals surface area contributed by atoms with Crippen LogP contribution in [0.5, 0.6) is 0 Å². The third-order valence-electron chi connectivity index (χ3n) is 2.66. The lowest BCUT2D eigenvalue weighted by Gasteiger charge is -2.10. The first kappa shape index (κ1) is 18.8. The molecule has 0 saturated heterocycles. The summed E-state index contributed by atoms with van der Waals surface area (Å²) in [4.78, 5) is -0.264. The van der Waals surface area contributed by atoms with Gasteiger partial charge in [0.25, 0.3) is 0 Å². The Morgan fingerprint density at radius 3 is 2.36 bits per heavy atom. The number of likely N-dealkylation sites (N-methyl/N-ethyl adjacent to an activating group) is 1. The second kappa shape index (κ2) is 7.86. The van der Waals surface area contributed by atoms with Gasteiger partial charge in [-0.15, -0.1) is 0 Å². The van der Waals surface area contributed by atoms with Crippen LogP contribution in [-0.4, -0.2) is 42.7 Å². The minimum atomic E-state index is -3.83. The highest BCUT2D eigenvalue weighted by Gasteiger charge is 2.18. The average Bonchev–Trinajstić information content (AvgIpc) is 2.40. The van der Waals surface area contributed by atoms with E-state index < -0.39 is 25.9 Å². The molecular formula is C12H20FN3O4S2. The molecule has 0 spiro atoms. The van der Waals surface area contributed by atoms with Gasteiger partial charge in [-0.25, -0.2) is 25.9 Å². The minimum absolute atomic E-state index is 0.141. The molecule has 0 radical (unpaired) electrons. The summed E-state index contributed by atoms with van der Waals surface area (Å²) in [5.74, 6) is -1.09. The number of anilines is 1. The fourth-order valence-electron chi connectivity index (χ4n) is 1.63. The summed E-state index contributed by atoms with van der Waals surface area (Å²) in [5, 5.41) is 2.77.